The Bertz CT molecular complexity index is 845. The van der Waals surface area contributed by atoms with E-state index in [0.717, 1.165) is 44.5 Å². The number of amides is 1. The van der Waals surface area contributed by atoms with Crippen LogP contribution in [0.3, 0.4) is 0 Å². The third-order valence-corrected chi connectivity index (χ3v) is 7.04. The molecule has 5 nitrogen and oxygen atoms in total. The van der Waals surface area contributed by atoms with E-state index in [1.165, 1.54) is 5.56 Å². The number of nitrogens with zero attached hydrogens (tertiary/aromatic N) is 1. The summed E-state index contributed by atoms with van der Waals surface area (Å²) in [5, 5.41) is 7.68. The third kappa shape index (κ3) is 3.40. The second kappa shape index (κ2) is 7.41. The number of rotatable bonds is 4. The molecule has 0 radical (unpaired) electrons. The summed E-state index contributed by atoms with van der Waals surface area (Å²) < 4.78 is 11.5. The van der Waals surface area contributed by atoms with Crippen LogP contribution >= 0.6 is 11.3 Å². The topological polar surface area (TPSA) is 50.8 Å². The van der Waals surface area contributed by atoms with Crippen molar-refractivity contribution in [3.05, 3.63) is 46.2 Å². The van der Waals surface area contributed by atoms with Gasteiger partial charge in [-0.25, -0.2) is 0 Å². The molecule has 2 fully saturated rings. The Morgan fingerprint density at radius 2 is 2.00 bits per heavy atom. The second-order valence-electron chi connectivity index (χ2n) is 8.11. The van der Waals surface area contributed by atoms with Gasteiger partial charge in [-0.2, -0.15) is 11.3 Å². The van der Waals surface area contributed by atoms with Gasteiger partial charge in [-0.05, 0) is 78.4 Å². The Morgan fingerprint density at radius 1 is 1.18 bits per heavy atom. The SMILES string of the molecule is O=C(c1ccc2c(c1)OCCCO2)N(Cc1ccsc1)C1CC12CCNCC2. The van der Waals surface area contributed by atoms with Gasteiger partial charge in [-0.15, -0.1) is 0 Å². The van der Waals surface area contributed by atoms with Crippen molar-refractivity contribution < 1.29 is 14.3 Å². The minimum absolute atomic E-state index is 0.0993. The maximum Gasteiger partial charge on any atom is 0.254 e. The van der Waals surface area contributed by atoms with E-state index in [9.17, 15) is 4.79 Å². The van der Waals surface area contributed by atoms with Gasteiger partial charge in [0.05, 0.1) is 13.2 Å². The van der Waals surface area contributed by atoms with Gasteiger partial charge in [0.25, 0.3) is 5.91 Å². The van der Waals surface area contributed by atoms with E-state index in [1.807, 2.05) is 18.2 Å². The molecule has 148 valence electrons. The predicted octanol–water partition coefficient (Wildman–Crippen LogP) is 3.69. The average molecular weight is 399 g/mol. The van der Waals surface area contributed by atoms with E-state index < -0.39 is 0 Å². The summed E-state index contributed by atoms with van der Waals surface area (Å²) in [7, 11) is 0. The predicted molar refractivity (Wildman–Crippen MR) is 109 cm³/mol. The standard InChI is InChI=1S/C22H26N2O3S/c25-21(17-2-3-18-19(12-17)27-10-1-9-26-18)24(14-16-4-11-28-15-16)20-13-22(20)5-7-23-8-6-22/h2-4,11-12,15,20,23H,1,5-10,13-14H2. The average Bonchev–Trinajstić information content (AvgIpc) is 3.23. The molecule has 1 aliphatic carbocycles. The monoisotopic (exact) mass is 398 g/mol. The van der Waals surface area contributed by atoms with Crippen molar-refractivity contribution in [3.8, 4) is 11.5 Å². The quantitative estimate of drug-likeness (QED) is 0.853. The zero-order valence-electron chi connectivity index (χ0n) is 16.0. The maximum absolute atomic E-state index is 13.6. The van der Waals surface area contributed by atoms with Gasteiger partial charge in [-0.3, -0.25) is 4.79 Å². The molecule has 1 aromatic carbocycles. The van der Waals surface area contributed by atoms with Gasteiger partial charge in [-0.1, -0.05) is 0 Å². The summed E-state index contributed by atoms with van der Waals surface area (Å²) in [5.74, 6) is 1.52. The number of hydrogen-bond donors (Lipinski definition) is 1. The van der Waals surface area contributed by atoms with Gasteiger partial charge in [0.15, 0.2) is 11.5 Å². The smallest absolute Gasteiger partial charge is 0.254 e. The van der Waals surface area contributed by atoms with Crippen LogP contribution in [0.25, 0.3) is 0 Å². The lowest BCUT2D eigenvalue weighted by Gasteiger charge is -2.30. The molecule has 2 aromatic rings. The number of piperidine rings is 1. The first-order valence-electron chi connectivity index (χ1n) is 10.2. The van der Waals surface area contributed by atoms with Gasteiger partial charge >= 0.3 is 0 Å². The lowest BCUT2D eigenvalue weighted by Crippen LogP contribution is -2.39. The summed E-state index contributed by atoms with van der Waals surface area (Å²) in [5.41, 5.74) is 2.21. The fourth-order valence-corrected chi connectivity index (χ4v) is 5.25. The zero-order valence-corrected chi connectivity index (χ0v) is 16.8. The van der Waals surface area contributed by atoms with E-state index in [0.29, 0.717) is 42.5 Å². The van der Waals surface area contributed by atoms with E-state index in [1.54, 1.807) is 11.3 Å². The first-order chi connectivity index (χ1) is 13.8. The molecular formula is C22H26N2O3S. The number of hydrogen-bond acceptors (Lipinski definition) is 5. The molecule has 0 bridgehead atoms. The molecule has 3 aliphatic rings. The summed E-state index contributed by atoms with van der Waals surface area (Å²) >= 11 is 1.68. The third-order valence-electron chi connectivity index (χ3n) is 6.31. The molecule has 1 unspecified atom stereocenters. The number of ether oxygens (including phenoxy) is 2. The number of nitrogens with one attached hydrogen (secondary N) is 1. The molecule has 1 saturated heterocycles. The molecule has 1 N–H and O–H groups in total. The van der Waals surface area contributed by atoms with E-state index in [4.69, 9.17) is 9.47 Å². The van der Waals surface area contributed by atoms with Gasteiger partial charge < -0.3 is 19.7 Å². The minimum Gasteiger partial charge on any atom is -0.490 e. The summed E-state index contributed by atoms with van der Waals surface area (Å²) in [4.78, 5) is 15.7. The van der Waals surface area contributed by atoms with Crippen molar-refractivity contribution in [3.63, 3.8) is 0 Å². The summed E-state index contributed by atoms with van der Waals surface area (Å²) in [6.07, 6.45) is 4.30. The first-order valence-corrected chi connectivity index (χ1v) is 11.1. The lowest BCUT2D eigenvalue weighted by molar-refractivity contribution is 0.0692. The van der Waals surface area contributed by atoms with Crippen LogP contribution in [0.1, 0.15) is 41.6 Å². The Hall–Kier alpha value is -2.05. The van der Waals surface area contributed by atoms with Crippen LogP contribution in [0.15, 0.2) is 35.0 Å². The molecule has 28 heavy (non-hydrogen) atoms. The van der Waals surface area contributed by atoms with Crippen molar-refractivity contribution in [2.24, 2.45) is 5.41 Å². The van der Waals surface area contributed by atoms with E-state index in [2.05, 4.69) is 27.0 Å². The highest BCUT2D eigenvalue weighted by Crippen LogP contribution is 2.56. The Labute approximate surface area is 169 Å². The number of benzene rings is 1. The van der Waals surface area contributed by atoms with E-state index in [-0.39, 0.29) is 5.91 Å². The molecule has 3 heterocycles. The lowest BCUT2D eigenvalue weighted by atomic mass is 9.93. The number of carbonyl (C=O) groups excluding carboxylic acids is 1. The van der Waals surface area contributed by atoms with Crippen molar-refractivity contribution in [2.75, 3.05) is 26.3 Å². The molecule has 1 saturated carbocycles. The molecular weight excluding hydrogens is 372 g/mol. The first kappa shape index (κ1) is 18.0. The van der Waals surface area contributed by atoms with Crippen LogP contribution in [-0.4, -0.2) is 43.2 Å². The van der Waals surface area contributed by atoms with E-state index >= 15 is 0 Å². The highest BCUT2D eigenvalue weighted by Gasteiger charge is 2.57. The molecule has 1 amide bonds. The highest BCUT2D eigenvalue weighted by molar-refractivity contribution is 7.07. The zero-order chi connectivity index (χ0) is 19.0. The Morgan fingerprint density at radius 3 is 2.79 bits per heavy atom. The van der Waals surface area contributed by atoms with Crippen LogP contribution in [0.2, 0.25) is 0 Å². The number of carbonyl (C=O) groups is 1. The summed E-state index contributed by atoms with van der Waals surface area (Å²) in [6.45, 7) is 4.07. The van der Waals surface area contributed by atoms with Crippen molar-refractivity contribution in [1.82, 2.24) is 10.2 Å². The molecule has 2 aliphatic heterocycles. The number of fused-ring (bicyclic) bond motifs is 1. The molecule has 1 spiro atoms. The van der Waals surface area contributed by atoms with Crippen molar-refractivity contribution >= 4 is 17.2 Å². The van der Waals surface area contributed by atoms with Gasteiger partial charge in [0.2, 0.25) is 0 Å². The minimum atomic E-state index is 0.0993. The van der Waals surface area contributed by atoms with Crippen LogP contribution in [0, 0.1) is 5.41 Å². The fraction of sp³-hybridized carbons (Fsp3) is 0.500. The Kier molecular flexibility index (Phi) is 4.77. The van der Waals surface area contributed by atoms with Crippen LogP contribution in [0.5, 0.6) is 11.5 Å². The maximum atomic E-state index is 13.6. The molecule has 5 rings (SSSR count). The van der Waals surface area contributed by atoms with Crippen molar-refractivity contribution in [2.45, 2.75) is 38.3 Å². The van der Waals surface area contributed by atoms with Gasteiger partial charge in [0.1, 0.15) is 0 Å². The molecule has 1 atom stereocenters. The van der Waals surface area contributed by atoms with Crippen LogP contribution < -0.4 is 14.8 Å². The summed E-state index contributed by atoms with van der Waals surface area (Å²) in [6, 6.07) is 8.08. The van der Waals surface area contributed by atoms with Crippen LogP contribution in [0.4, 0.5) is 0 Å². The molecule has 6 heteroatoms. The van der Waals surface area contributed by atoms with Crippen molar-refractivity contribution in [1.29, 1.82) is 0 Å². The normalized spacial score (nSPS) is 22.5. The molecule has 1 aromatic heterocycles. The highest BCUT2D eigenvalue weighted by atomic mass is 32.1. The van der Waals surface area contributed by atoms with Gasteiger partial charge in [0, 0.05) is 24.6 Å². The second-order valence-corrected chi connectivity index (χ2v) is 8.89. The number of thiophene rings is 1. The van der Waals surface area contributed by atoms with Crippen LogP contribution in [-0.2, 0) is 6.54 Å². The fourth-order valence-electron chi connectivity index (χ4n) is 4.59. The largest absolute Gasteiger partial charge is 0.490 e. The Balaban J connectivity index is 1.42.